The number of anilines is 3. The van der Waals surface area contributed by atoms with Crippen molar-refractivity contribution < 1.29 is 19.0 Å². The number of carbonyl (C=O) groups excluding carboxylic acids is 1. The van der Waals surface area contributed by atoms with Gasteiger partial charge in [0.1, 0.15) is 11.4 Å². The molecule has 8 heteroatoms. The van der Waals surface area contributed by atoms with Crippen molar-refractivity contribution in [3.63, 3.8) is 0 Å². The number of rotatable bonds is 6. The van der Waals surface area contributed by atoms with Gasteiger partial charge in [-0.25, -0.2) is 4.79 Å². The van der Waals surface area contributed by atoms with Crippen LogP contribution in [0.5, 0.6) is 11.5 Å². The summed E-state index contributed by atoms with van der Waals surface area (Å²) in [6, 6.07) is 12.0. The Bertz CT molecular complexity index is 1130. The molecule has 2 N–H and O–H groups in total. The van der Waals surface area contributed by atoms with Crippen molar-refractivity contribution in [1.29, 1.82) is 0 Å². The average Bonchev–Trinajstić information content (AvgIpc) is 3.20. The molecule has 3 aromatic carbocycles. The zero-order valence-corrected chi connectivity index (χ0v) is 14.9. The maximum atomic E-state index is 12.0. The van der Waals surface area contributed by atoms with Gasteiger partial charge in [0.05, 0.1) is 18.4 Å². The first-order chi connectivity index (χ1) is 13.6. The highest BCUT2D eigenvalue weighted by Crippen LogP contribution is 2.33. The van der Waals surface area contributed by atoms with Gasteiger partial charge < -0.3 is 24.8 Å². The lowest BCUT2D eigenvalue weighted by molar-refractivity contribution is 0.0602. The van der Waals surface area contributed by atoms with Gasteiger partial charge in [0, 0.05) is 6.54 Å². The summed E-state index contributed by atoms with van der Waals surface area (Å²) in [6.07, 6.45) is 0. The van der Waals surface area contributed by atoms with E-state index >= 15 is 0 Å². The SMILES string of the molecule is COC(=O)c1ccccc1Nc1c(NCc2ccc3c(c2)OCO3)c(=O)c1=O. The van der Waals surface area contributed by atoms with Crippen LogP contribution in [-0.2, 0) is 11.3 Å². The van der Waals surface area contributed by atoms with Crippen molar-refractivity contribution in [2.24, 2.45) is 0 Å². The van der Waals surface area contributed by atoms with E-state index in [-0.39, 0.29) is 23.7 Å². The summed E-state index contributed by atoms with van der Waals surface area (Å²) in [6.45, 7) is 0.493. The van der Waals surface area contributed by atoms with Gasteiger partial charge in [-0.1, -0.05) is 18.2 Å². The van der Waals surface area contributed by atoms with Crippen LogP contribution < -0.4 is 31.0 Å². The smallest absolute Gasteiger partial charge is 0.339 e. The number of hydrogen-bond donors (Lipinski definition) is 2. The normalized spacial score (nSPS) is 12.0. The van der Waals surface area contributed by atoms with Crippen molar-refractivity contribution in [2.45, 2.75) is 6.54 Å². The first-order valence-corrected chi connectivity index (χ1v) is 8.48. The molecule has 28 heavy (non-hydrogen) atoms. The van der Waals surface area contributed by atoms with Crippen molar-refractivity contribution >= 4 is 23.0 Å². The minimum absolute atomic E-state index is 0.113. The number of nitrogens with one attached hydrogen (secondary N) is 2. The van der Waals surface area contributed by atoms with Crippen molar-refractivity contribution in [2.75, 3.05) is 24.5 Å². The first kappa shape index (κ1) is 17.6. The third-order valence-electron chi connectivity index (χ3n) is 4.41. The molecule has 0 aliphatic carbocycles. The Morgan fingerprint density at radius 1 is 1.04 bits per heavy atom. The van der Waals surface area contributed by atoms with Crippen LogP contribution in [0.15, 0.2) is 52.1 Å². The van der Waals surface area contributed by atoms with Crippen LogP contribution >= 0.6 is 0 Å². The van der Waals surface area contributed by atoms with E-state index in [1.165, 1.54) is 7.11 Å². The second-order valence-corrected chi connectivity index (χ2v) is 6.11. The van der Waals surface area contributed by atoms with Crippen molar-refractivity contribution in [3.8, 4) is 11.5 Å². The molecule has 1 aliphatic rings. The van der Waals surface area contributed by atoms with E-state index < -0.39 is 16.8 Å². The second-order valence-electron chi connectivity index (χ2n) is 6.11. The van der Waals surface area contributed by atoms with Crippen LogP contribution in [0.3, 0.4) is 0 Å². The Labute approximate surface area is 159 Å². The molecule has 0 bridgehead atoms. The van der Waals surface area contributed by atoms with Crippen molar-refractivity contribution in [3.05, 3.63) is 74.0 Å². The maximum absolute atomic E-state index is 12.0. The monoisotopic (exact) mass is 380 g/mol. The van der Waals surface area contributed by atoms with Crippen LogP contribution in [0, 0.1) is 0 Å². The molecule has 1 heterocycles. The van der Waals surface area contributed by atoms with E-state index in [0.717, 1.165) is 5.56 Å². The second kappa shape index (κ2) is 7.07. The van der Waals surface area contributed by atoms with Gasteiger partial charge in [0.15, 0.2) is 11.5 Å². The van der Waals surface area contributed by atoms with Gasteiger partial charge in [-0.15, -0.1) is 0 Å². The highest BCUT2D eigenvalue weighted by Gasteiger charge is 2.23. The largest absolute Gasteiger partial charge is 0.465 e. The molecular formula is C20H16N2O6. The van der Waals surface area contributed by atoms with E-state index in [2.05, 4.69) is 10.6 Å². The third kappa shape index (κ3) is 3.05. The number of para-hydroxylation sites is 1. The quantitative estimate of drug-likeness (QED) is 0.495. The van der Waals surface area contributed by atoms with Gasteiger partial charge in [-0.05, 0) is 29.8 Å². The van der Waals surface area contributed by atoms with Gasteiger partial charge in [0.25, 0.3) is 10.9 Å². The molecule has 142 valence electrons. The molecule has 0 saturated heterocycles. The molecule has 3 aromatic rings. The average molecular weight is 380 g/mol. The third-order valence-corrected chi connectivity index (χ3v) is 4.41. The minimum atomic E-state index is -0.646. The van der Waals surface area contributed by atoms with E-state index in [9.17, 15) is 14.4 Å². The summed E-state index contributed by atoms with van der Waals surface area (Å²) >= 11 is 0. The van der Waals surface area contributed by atoms with Crippen LogP contribution in [-0.4, -0.2) is 19.9 Å². The van der Waals surface area contributed by atoms with E-state index in [1.807, 2.05) is 6.07 Å². The lowest BCUT2D eigenvalue weighted by atomic mass is 10.1. The molecule has 0 atom stereocenters. The summed E-state index contributed by atoms with van der Waals surface area (Å²) in [4.78, 5) is 35.9. The molecule has 1 aliphatic heterocycles. The Hall–Kier alpha value is -3.81. The fraction of sp³-hybridized carbons (Fsp3) is 0.150. The molecule has 4 rings (SSSR count). The minimum Gasteiger partial charge on any atom is -0.465 e. The standard InChI is InChI=1S/C20H16N2O6/c1-26-20(25)12-4-2-3-5-13(12)22-17-16(18(23)19(17)24)21-9-11-6-7-14-15(8-11)28-10-27-14/h2-8,21-22H,9-10H2,1H3. The maximum Gasteiger partial charge on any atom is 0.339 e. The summed E-state index contributed by atoms with van der Waals surface area (Å²) in [5.41, 5.74) is 0.529. The predicted octanol–water partition coefficient (Wildman–Crippen LogP) is 2.15. The van der Waals surface area contributed by atoms with Gasteiger partial charge >= 0.3 is 5.97 Å². The molecule has 0 saturated carbocycles. The fourth-order valence-corrected chi connectivity index (χ4v) is 2.94. The Kier molecular flexibility index (Phi) is 4.44. The fourth-order valence-electron chi connectivity index (χ4n) is 2.94. The van der Waals surface area contributed by atoms with Crippen molar-refractivity contribution in [1.82, 2.24) is 0 Å². The van der Waals surface area contributed by atoms with E-state index in [0.29, 0.717) is 23.7 Å². The predicted molar refractivity (Wildman–Crippen MR) is 102 cm³/mol. The number of hydrogen-bond acceptors (Lipinski definition) is 8. The Morgan fingerprint density at radius 3 is 2.61 bits per heavy atom. The molecule has 0 radical (unpaired) electrons. The van der Waals surface area contributed by atoms with E-state index in [1.54, 1.807) is 36.4 Å². The molecule has 0 unspecified atom stereocenters. The molecule has 0 spiro atoms. The lowest BCUT2D eigenvalue weighted by Gasteiger charge is -2.16. The Balaban J connectivity index is 1.54. The van der Waals surface area contributed by atoms with Crippen LogP contribution in [0.25, 0.3) is 0 Å². The molecule has 8 nitrogen and oxygen atoms in total. The summed E-state index contributed by atoms with van der Waals surface area (Å²) < 4.78 is 15.3. The van der Waals surface area contributed by atoms with Crippen LogP contribution in [0.1, 0.15) is 15.9 Å². The Morgan fingerprint density at radius 2 is 1.79 bits per heavy atom. The number of carbonyl (C=O) groups is 1. The summed E-state index contributed by atoms with van der Waals surface area (Å²) in [7, 11) is 1.27. The molecule has 0 aromatic heterocycles. The van der Waals surface area contributed by atoms with E-state index in [4.69, 9.17) is 14.2 Å². The molecule has 0 fully saturated rings. The summed E-state index contributed by atoms with van der Waals surface area (Å²) in [5.74, 6) is 0.756. The van der Waals surface area contributed by atoms with Gasteiger partial charge in [-0.2, -0.15) is 0 Å². The van der Waals surface area contributed by atoms with Gasteiger partial charge in [0.2, 0.25) is 6.79 Å². The van der Waals surface area contributed by atoms with Gasteiger partial charge in [-0.3, -0.25) is 9.59 Å². The summed E-state index contributed by atoms with van der Waals surface area (Å²) in [5, 5.41) is 5.85. The lowest BCUT2D eigenvalue weighted by Crippen LogP contribution is -2.36. The van der Waals surface area contributed by atoms with Crippen LogP contribution in [0.2, 0.25) is 0 Å². The molecular weight excluding hydrogens is 364 g/mol. The first-order valence-electron chi connectivity index (χ1n) is 8.48. The molecule has 0 amide bonds. The number of benzene rings is 2. The number of esters is 1. The topological polar surface area (TPSA) is 103 Å². The number of fused-ring (bicyclic) bond motifs is 1. The zero-order valence-electron chi connectivity index (χ0n) is 14.9. The zero-order chi connectivity index (χ0) is 19.7. The van der Waals surface area contributed by atoms with Crippen LogP contribution in [0.4, 0.5) is 17.1 Å². The highest BCUT2D eigenvalue weighted by molar-refractivity contribution is 5.97. The number of methoxy groups -OCH3 is 1. The number of ether oxygens (including phenoxy) is 3. The highest BCUT2D eigenvalue weighted by atomic mass is 16.7.